The van der Waals surface area contributed by atoms with Gasteiger partial charge in [0.25, 0.3) is 0 Å². The predicted octanol–water partition coefficient (Wildman–Crippen LogP) is 19.4. The second-order valence-corrected chi connectivity index (χ2v) is 65.2. The van der Waals surface area contributed by atoms with E-state index < -0.39 is 21.5 Å². The van der Waals surface area contributed by atoms with Gasteiger partial charge in [0, 0.05) is 0 Å². The van der Waals surface area contributed by atoms with E-state index in [9.17, 15) is 17.0 Å². The summed E-state index contributed by atoms with van der Waals surface area (Å²) in [5.74, 6) is 1.69. The zero-order valence-electron chi connectivity index (χ0n) is 41.9. The molecule has 4 aromatic carbocycles. The summed E-state index contributed by atoms with van der Waals surface area (Å²) in [6, 6.07) is 24.8. The molecule has 0 N–H and O–H groups in total. The van der Waals surface area contributed by atoms with Gasteiger partial charge in [0.2, 0.25) is 0 Å². The molecule has 4 heteroatoms. The molecule has 0 aromatic heterocycles. The molecule has 4 aromatic rings. The van der Waals surface area contributed by atoms with Crippen molar-refractivity contribution >= 4 is 35.1 Å². The summed E-state index contributed by atoms with van der Waals surface area (Å²) in [6.45, 7) is 42.7. The van der Waals surface area contributed by atoms with Crippen molar-refractivity contribution in [3.63, 3.8) is 0 Å². The van der Waals surface area contributed by atoms with Crippen LogP contribution in [0.25, 0.3) is 34.4 Å². The Morgan fingerprint density at radius 2 is 0.758 bits per heavy atom. The van der Waals surface area contributed by atoms with Crippen LogP contribution in [0, 0.1) is 11.8 Å². The Morgan fingerprint density at radius 3 is 1.00 bits per heavy atom. The van der Waals surface area contributed by atoms with Gasteiger partial charge in [-0.15, -0.1) is 0 Å². The predicted molar refractivity (Wildman–Crippen MR) is 279 cm³/mol. The van der Waals surface area contributed by atoms with E-state index in [1.165, 1.54) is 89.0 Å². The van der Waals surface area contributed by atoms with Crippen molar-refractivity contribution in [2.45, 2.75) is 179 Å². The van der Waals surface area contributed by atoms with Crippen molar-refractivity contribution in [1.29, 1.82) is 0 Å². The third-order valence-corrected chi connectivity index (χ3v) is 66.4. The van der Waals surface area contributed by atoms with Crippen molar-refractivity contribution in [2.24, 2.45) is 11.8 Å². The van der Waals surface area contributed by atoms with Crippen molar-refractivity contribution in [1.82, 2.24) is 0 Å². The quantitative estimate of drug-likeness (QED) is 0.104. The fraction of sp³-hybridized carbons (Fsp3) is 0.517. The van der Waals surface area contributed by atoms with E-state index in [0.29, 0.717) is 47.3 Å². The molecular formula is C58H81Cl2SiZr. The normalized spacial score (nSPS) is 17.4. The van der Waals surface area contributed by atoms with Crippen molar-refractivity contribution in [3.05, 3.63) is 127 Å². The monoisotopic (exact) mass is 965 g/mol. The van der Waals surface area contributed by atoms with Crippen LogP contribution in [0.4, 0.5) is 0 Å². The molecule has 0 bridgehead atoms. The molecule has 0 amide bonds. The van der Waals surface area contributed by atoms with E-state index >= 15 is 0 Å². The van der Waals surface area contributed by atoms with Crippen LogP contribution in [-0.4, -0.2) is 5.92 Å². The molecule has 2 atom stereocenters. The molecule has 6 rings (SSSR count). The van der Waals surface area contributed by atoms with E-state index in [1.54, 1.807) is 0 Å². The average molecular weight is 969 g/mol. The van der Waals surface area contributed by atoms with Crippen molar-refractivity contribution < 1.29 is 15.6 Å². The molecule has 0 nitrogen and oxygen atoms in total. The zero-order valence-corrected chi connectivity index (χ0v) is 47.1. The van der Waals surface area contributed by atoms with E-state index in [-0.39, 0.29) is 7.25 Å². The number of hydrogen-bond donors (Lipinski definition) is 0. The van der Waals surface area contributed by atoms with Crippen LogP contribution in [0.1, 0.15) is 222 Å². The Bertz CT molecular complexity index is 2150. The van der Waals surface area contributed by atoms with Crippen molar-refractivity contribution in [2.75, 3.05) is 0 Å². The van der Waals surface area contributed by atoms with Gasteiger partial charge in [0.1, 0.15) is 0 Å². The number of rotatable bonds is 15. The molecule has 0 saturated carbocycles. The number of fused-ring (bicyclic) bond motifs is 2. The van der Waals surface area contributed by atoms with Gasteiger partial charge in [-0.2, -0.15) is 0 Å². The first-order chi connectivity index (χ1) is 28.9. The second-order valence-electron chi connectivity index (χ2n) is 22.7. The summed E-state index contributed by atoms with van der Waals surface area (Å²) in [4.78, 5) is 0. The number of hydrogen-bond acceptors (Lipinski definition) is 0. The molecule has 335 valence electrons. The average Bonchev–Trinajstić information content (AvgIpc) is 3.74. The topological polar surface area (TPSA) is 0 Å². The third kappa shape index (κ3) is 9.10. The maximum absolute atomic E-state index is 9.18. The number of benzene rings is 4. The molecule has 2 aliphatic rings. The Hall–Kier alpha value is -1.96. The van der Waals surface area contributed by atoms with Crippen LogP contribution in [0.5, 0.6) is 0 Å². The van der Waals surface area contributed by atoms with Gasteiger partial charge < -0.3 is 0 Å². The van der Waals surface area contributed by atoms with Gasteiger partial charge in [-0.05, 0) is 0 Å². The van der Waals surface area contributed by atoms with Gasteiger partial charge in [-0.3, -0.25) is 0 Å². The SMILES string of the molecule is CC(C)CC1=Cc2c(ccc(C(C)C)c2-c2cc(C(C)C)cc(C(C)C)c2)[CH]1[Zr]([Cl])([Cl])([CH]1C(CC(C)C)=Cc2c1ccc(C(C)C)c2-c1cc(C(C)C)cc(C(C)C)c1)[SiH](C)C. The zero-order chi connectivity index (χ0) is 45.9. The molecule has 2 unspecified atom stereocenters. The fourth-order valence-electron chi connectivity index (χ4n) is 11.1. The molecule has 0 saturated heterocycles. The van der Waals surface area contributed by atoms with Gasteiger partial charge in [0.05, 0.1) is 0 Å². The first-order valence-corrected chi connectivity index (χ1v) is 40.8. The van der Waals surface area contributed by atoms with E-state index in [4.69, 9.17) is 0 Å². The fourth-order valence-corrected chi connectivity index (χ4v) is 42.4. The van der Waals surface area contributed by atoms with Gasteiger partial charge in [-0.25, -0.2) is 0 Å². The molecule has 0 spiro atoms. The van der Waals surface area contributed by atoms with Crippen LogP contribution < -0.4 is 0 Å². The number of halogens is 2. The number of allylic oxidation sites excluding steroid dienone is 2. The minimum atomic E-state index is -5.12. The summed E-state index contributed by atoms with van der Waals surface area (Å²) in [5, 5.41) is 0. The van der Waals surface area contributed by atoms with Gasteiger partial charge in [-0.1, -0.05) is 0 Å². The summed E-state index contributed by atoms with van der Waals surface area (Å²) in [6.07, 6.45) is 7.24. The Labute approximate surface area is 388 Å². The Morgan fingerprint density at radius 1 is 0.452 bits per heavy atom. The van der Waals surface area contributed by atoms with Gasteiger partial charge >= 0.3 is 392 Å². The summed E-state index contributed by atoms with van der Waals surface area (Å²) < 4.78 is 0.108. The molecule has 62 heavy (non-hydrogen) atoms. The second kappa shape index (κ2) is 18.7. The molecule has 0 fully saturated rings. The Kier molecular flexibility index (Phi) is 14.9. The standard InChI is InChI=1S/2C28H37.C2H7Si.2ClH.Zr/c2*1-17(2)11-21-12-22-9-10-26(20(7)8)28(27(22)13-21)25-15-23(18(3)4)14-24(16-25)19(5)6;1-3-2;;;/h2*9-10,12-20H,11H2,1-8H3;3H,1-2H3;2*1H;/q;;;;;+2/p-2. The summed E-state index contributed by atoms with van der Waals surface area (Å²) >= 11 is -5.12. The molecular weight excluding hydrogens is 887 g/mol. The van der Waals surface area contributed by atoms with Crippen LogP contribution >= 0.6 is 17.0 Å². The van der Waals surface area contributed by atoms with Crippen LogP contribution in [0.2, 0.25) is 13.1 Å². The van der Waals surface area contributed by atoms with Crippen LogP contribution in [0.3, 0.4) is 0 Å². The van der Waals surface area contributed by atoms with Crippen LogP contribution in [0.15, 0.2) is 71.8 Å². The molecule has 0 radical (unpaired) electrons. The first-order valence-electron chi connectivity index (χ1n) is 24.5. The summed E-state index contributed by atoms with van der Waals surface area (Å²) in [7, 11) is 18.4. The molecule has 2 aliphatic carbocycles. The van der Waals surface area contributed by atoms with Crippen LogP contribution in [-0.2, 0) is 15.6 Å². The Balaban J connectivity index is 1.72. The van der Waals surface area contributed by atoms with E-state index in [2.05, 4.69) is 197 Å². The molecule has 0 heterocycles. The maximum atomic E-state index is 9.18. The van der Waals surface area contributed by atoms with E-state index in [0.717, 1.165) is 12.8 Å². The summed E-state index contributed by atoms with van der Waals surface area (Å²) in [5.41, 5.74) is 22.6. The van der Waals surface area contributed by atoms with E-state index in [1.807, 2.05) is 0 Å². The molecule has 0 aliphatic heterocycles. The first kappa shape index (κ1) is 49.5. The van der Waals surface area contributed by atoms with Crippen molar-refractivity contribution in [3.8, 4) is 22.3 Å². The van der Waals surface area contributed by atoms with Gasteiger partial charge in [0.15, 0.2) is 0 Å². The minimum absolute atomic E-state index is 0.0539. The third-order valence-electron chi connectivity index (χ3n) is 14.6.